The van der Waals surface area contributed by atoms with Crippen LogP contribution in [0.1, 0.15) is 30.6 Å². The minimum atomic E-state index is -0.773. The fourth-order valence-electron chi connectivity index (χ4n) is 2.26. The van der Waals surface area contributed by atoms with Crippen molar-refractivity contribution >= 4 is 35.2 Å². The largest absolute Gasteiger partial charge is 0.396 e. The highest BCUT2D eigenvalue weighted by Crippen LogP contribution is 2.26. The lowest BCUT2D eigenvalue weighted by Gasteiger charge is -2.17. The van der Waals surface area contributed by atoms with Crippen LogP contribution >= 0.6 is 11.6 Å². The predicted octanol–water partition coefficient (Wildman–Crippen LogP) is 1.17. The van der Waals surface area contributed by atoms with E-state index in [1.165, 1.54) is 0 Å². The number of aliphatic hydroxyl groups is 1. The summed E-state index contributed by atoms with van der Waals surface area (Å²) >= 11 is 6.03. The van der Waals surface area contributed by atoms with E-state index in [2.05, 4.69) is 20.6 Å². The Hall–Kier alpha value is -2.19. The number of nitrogens with two attached hydrogens (primary N) is 1. The summed E-state index contributed by atoms with van der Waals surface area (Å²) in [5.41, 5.74) is 5.31. The maximum absolute atomic E-state index is 11.8. The molecule has 0 saturated carbocycles. The molecule has 9 heteroatoms. The van der Waals surface area contributed by atoms with E-state index in [4.69, 9.17) is 17.3 Å². The van der Waals surface area contributed by atoms with Crippen molar-refractivity contribution in [1.29, 1.82) is 0 Å². The molecule has 1 aliphatic rings. The molecule has 24 heavy (non-hydrogen) atoms. The first-order chi connectivity index (χ1) is 11.3. The van der Waals surface area contributed by atoms with Gasteiger partial charge in [0.25, 0.3) is 5.91 Å². The molecule has 1 aromatic rings. The summed E-state index contributed by atoms with van der Waals surface area (Å²) in [5.74, 6) is -1.13. The summed E-state index contributed by atoms with van der Waals surface area (Å²) in [6.07, 6.45) is 4.39. The van der Waals surface area contributed by atoms with E-state index in [9.17, 15) is 14.7 Å². The van der Waals surface area contributed by atoms with Gasteiger partial charge in [-0.2, -0.15) is 9.97 Å². The molecular weight excluding hydrogens is 334 g/mol. The molecule has 1 aromatic heterocycles. The molecule has 0 radical (unpaired) electrons. The second-order valence-corrected chi connectivity index (χ2v) is 6.24. The van der Waals surface area contributed by atoms with E-state index >= 15 is 0 Å². The standard InChI is InChI=1S/C15H20ClN5O3/c1-7(2)14(24)21-15-19-11(16)10(12(17)23)13(20-15)18-9-4-3-8(5-9)6-22/h3-4,7-9,22H,5-6H2,1-2H3,(H2,17,23)(H2,18,19,20,21,24)/t8-,9+/m1/s1. The molecule has 0 aromatic carbocycles. The molecule has 130 valence electrons. The number of halogens is 1. The number of amides is 2. The van der Waals surface area contributed by atoms with Crippen molar-refractivity contribution < 1.29 is 14.7 Å². The Kier molecular flexibility index (Phi) is 5.74. The topological polar surface area (TPSA) is 130 Å². The number of aromatic nitrogens is 2. The highest BCUT2D eigenvalue weighted by Gasteiger charge is 2.24. The number of nitrogens with zero attached hydrogens (tertiary/aromatic N) is 2. The van der Waals surface area contributed by atoms with Crippen LogP contribution in [-0.2, 0) is 4.79 Å². The molecule has 8 nitrogen and oxygen atoms in total. The second-order valence-electron chi connectivity index (χ2n) is 5.88. The van der Waals surface area contributed by atoms with Crippen LogP contribution in [0.3, 0.4) is 0 Å². The monoisotopic (exact) mass is 353 g/mol. The smallest absolute Gasteiger partial charge is 0.255 e. The average Bonchev–Trinajstić information content (AvgIpc) is 2.93. The zero-order valence-electron chi connectivity index (χ0n) is 13.4. The SMILES string of the molecule is CC(C)C(=O)Nc1nc(Cl)c(C(N)=O)c(N[C@H]2C=C[C@@H](CO)C2)n1. The molecule has 2 atom stereocenters. The van der Waals surface area contributed by atoms with E-state index in [0.717, 1.165) is 0 Å². The molecule has 0 bridgehead atoms. The normalized spacial score (nSPS) is 19.5. The van der Waals surface area contributed by atoms with Gasteiger partial charge in [-0.25, -0.2) is 0 Å². The Balaban J connectivity index is 2.29. The number of rotatable bonds is 6. The molecule has 0 unspecified atom stereocenters. The molecule has 1 aliphatic carbocycles. The first-order valence-corrected chi connectivity index (χ1v) is 7.93. The van der Waals surface area contributed by atoms with Crippen molar-refractivity contribution in [3.63, 3.8) is 0 Å². The van der Waals surface area contributed by atoms with Crippen molar-refractivity contribution in [2.24, 2.45) is 17.6 Å². The summed E-state index contributed by atoms with van der Waals surface area (Å²) in [5, 5.41) is 14.6. The fourth-order valence-corrected chi connectivity index (χ4v) is 2.52. The van der Waals surface area contributed by atoms with E-state index in [1.807, 2.05) is 12.2 Å². The van der Waals surface area contributed by atoms with Gasteiger partial charge in [0.2, 0.25) is 11.9 Å². The van der Waals surface area contributed by atoms with Crippen molar-refractivity contribution in [3.8, 4) is 0 Å². The molecule has 1 heterocycles. The number of carbonyl (C=O) groups excluding carboxylic acids is 2. The average molecular weight is 354 g/mol. The predicted molar refractivity (Wildman–Crippen MR) is 90.8 cm³/mol. The van der Waals surface area contributed by atoms with Crippen LogP contribution < -0.4 is 16.4 Å². The van der Waals surface area contributed by atoms with Gasteiger partial charge < -0.3 is 16.2 Å². The Morgan fingerprint density at radius 1 is 1.42 bits per heavy atom. The number of nitrogens with one attached hydrogen (secondary N) is 2. The van der Waals surface area contributed by atoms with Gasteiger partial charge in [-0.15, -0.1) is 0 Å². The summed E-state index contributed by atoms with van der Waals surface area (Å²) in [4.78, 5) is 31.5. The van der Waals surface area contributed by atoms with Gasteiger partial charge in [0, 0.05) is 24.5 Å². The third-order valence-corrected chi connectivity index (χ3v) is 3.87. The van der Waals surface area contributed by atoms with Crippen molar-refractivity contribution in [3.05, 3.63) is 22.9 Å². The Morgan fingerprint density at radius 3 is 2.67 bits per heavy atom. The van der Waals surface area contributed by atoms with Crippen LogP contribution in [0.2, 0.25) is 5.15 Å². The Labute approximate surface area is 144 Å². The van der Waals surface area contributed by atoms with Gasteiger partial charge in [0.1, 0.15) is 16.5 Å². The van der Waals surface area contributed by atoms with E-state index in [-0.39, 0.29) is 52.9 Å². The van der Waals surface area contributed by atoms with Gasteiger partial charge in [-0.05, 0) is 6.42 Å². The highest BCUT2D eigenvalue weighted by molar-refractivity contribution is 6.33. The molecule has 0 aliphatic heterocycles. The Bertz CT molecular complexity index is 677. The maximum Gasteiger partial charge on any atom is 0.255 e. The number of carbonyl (C=O) groups is 2. The summed E-state index contributed by atoms with van der Waals surface area (Å²) in [6.45, 7) is 3.50. The third kappa shape index (κ3) is 4.21. The first-order valence-electron chi connectivity index (χ1n) is 7.55. The number of aliphatic hydroxyl groups excluding tert-OH is 1. The minimum Gasteiger partial charge on any atom is -0.396 e. The van der Waals surface area contributed by atoms with Crippen LogP contribution in [0.25, 0.3) is 0 Å². The van der Waals surface area contributed by atoms with E-state index < -0.39 is 5.91 Å². The number of hydrogen-bond acceptors (Lipinski definition) is 6. The number of hydrogen-bond donors (Lipinski definition) is 4. The number of primary amides is 1. The summed E-state index contributed by atoms with van der Waals surface area (Å²) in [6, 6.07) is -0.139. The van der Waals surface area contributed by atoms with Crippen LogP contribution in [-0.4, -0.2) is 39.5 Å². The molecule has 0 spiro atoms. The maximum atomic E-state index is 11.8. The third-order valence-electron chi connectivity index (χ3n) is 3.60. The summed E-state index contributed by atoms with van der Waals surface area (Å²) in [7, 11) is 0. The quantitative estimate of drug-likeness (QED) is 0.448. The zero-order chi connectivity index (χ0) is 17.9. The molecule has 0 fully saturated rings. The lowest BCUT2D eigenvalue weighted by molar-refractivity contribution is -0.118. The molecular formula is C15H20ClN5O3. The van der Waals surface area contributed by atoms with Gasteiger partial charge in [-0.3, -0.25) is 14.9 Å². The van der Waals surface area contributed by atoms with E-state index in [0.29, 0.717) is 6.42 Å². The van der Waals surface area contributed by atoms with Gasteiger partial charge in [0.15, 0.2) is 0 Å². The van der Waals surface area contributed by atoms with Crippen molar-refractivity contribution in [2.45, 2.75) is 26.3 Å². The molecule has 2 amide bonds. The fraction of sp³-hybridized carbons (Fsp3) is 0.467. The van der Waals surface area contributed by atoms with Gasteiger partial charge in [-0.1, -0.05) is 37.6 Å². The van der Waals surface area contributed by atoms with E-state index in [1.54, 1.807) is 13.8 Å². The van der Waals surface area contributed by atoms with Gasteiger partial charge in [0.05, 0.1) is 0 Å². The minimum absolute atomic E-state index is 0.00751. The molecule has 0 saturated heterocycles. The zero-order valence-corrected chi connectivity index (χ0v) is 14.2. The first kappa shape index (κ1) is 18.2. The van der Waals surface area contributed by atoms with Crippen LogP contribution in [0.5, 0.6) is 0 Å². The highest BCUT2D eigenvalue weighted by atomic mass is 35.5. The second kappa shape index (κ2) is 7.59. The van der Waals surface area contributed by atoms with Crippen molar-refractivity contribution in [2.75, 3.05) is 17.2 Å². The van der Waals surface area contributed by atoms with Crippen LogP contribution in [0.4, 0.5) is 11.8 Å². The van der Waals surface area contributed by atoms with Gasteiger partial charge >= 0.3 is 0 Å². The van der Waals surface area contributed by atoms with Crippen molar-refractivity contribution in [1.82, 2.24) is 9.97 Å². The van der Waals surface area contributed by atoms with Crippen LogP contribution in [0, 0.1) is 11.8 Å². The lowest BCUT2D eigenvalue weighted by atomic mass is 10.1. The molecule has 2 rings (SSSR count). The number of anilines is 2. The van der Waals surface area contributed by atoms with Crippen LogP contribution in [0.15, 0.2) is 12.2 Å². The summed E-state index contributed by atoms with van der Waals surface area (Å²) < 4.78 is 0. The molecule has 5 N–H and O–H groups in total. The lowest BCUT2D eigenvalue weighted by Crippen LogP contribution is -2.25. The Morgan fingerprint density at radius 2 is 2.12 bits per heavy atom.